The van der Waals surface area contributed by atoms with Crippen LogP contribution in [0.1, 0.15) is 13.8 Å². The number of hydrogen-bond acceptors (Lipinski definition) is 0. The third-order valence-electron chi connectivity index (χ3n) is 1.69. The largest absolute Gasteiger partial charge is 0.0623 e. The summed E-state index contributed by atoms with van der Waals surface area (Å²) in [5.41, 5.74) is 1.38. The van der Waals surface area contributed by atoms with Crippen LogP contribution < -0.4 is 0 Å². The summed E-state index contributed by atoms with van der Waals surface area (Å²) in [5.74, 6) is 0.613. The fourth-order valence-corrected chi connectivity index (χ4v) is 0.966. The molecule has 0 fully saturated rings. The third kappa shape index (κ3) is 2.58. The molecule has 0 saturated heterocycles. The predicted molar refractivity (Wildman–Crippen MR) is 50.3 cm³/mol. The average molecular weight is 146 g/mol. The van der Waals surface area contributed by atoms with E-state index in [1.165, 1.54) is 5.57 Å². The van der Waals surface area contributed by atoms with E-state index >= 15 is 0 Å². The lowest BCUT2D eigenvalue weighted by molar-refractivity contribution is 0.791. The number of allylic oxidation sites excluding steroid dienone is 8. The highest BCUT2D eigenvalue weighted by atomic mass is 14.0. The van der Waals surface area contributed by atoms with Gasteiger partial charge in [-0.2, -0.15) is 0 Å². The smallest absolute Gasteiger partial charge is 0.0219 e. The van der Waals surface area contributed by atoms with E-state index in [0.717, 1.165) is 0 Å². The standard InChI is InChI=1S/C11H14/c1-10(2)11-8-6-4-3-5-7-9-11/h3-10H,1-2H3. The van der Waals surface area contributed by atoms with Gasteiger partial charge in [-0.3, -0.25) is 0 Å². The summed E-state index contributed by atoms with van der Waals surface area (Å²) in [5, 5.41) is 0. The Labute approximate surface area is 68.6 Å². The number of rotatable bonds is 1. The third-order valence-corrected chi connectivity index (χ3v) is 1.69. The summed E-state index contributed by atoms with van der Waals surface area (Å²) in [7, 11) is 0. The second-order valence-corrected chi connectivity index (χ2v) is 2.95. The summed E-state index contributed by atoms with van der Waals surface area (Å²) in [6, 6.07) is 0. The molecule has 0 saturated carbocycles. The first-order valence-electron chi connectivity index (χ1n) is 4.02. The summed E-state index contributed by atoms with van der Waals surface area (Å²) in [6.45, 7) is 4.41. The molecule has 0 radical (unpaired) electrons. The summed E-state index contributed by atoms with van der Waals surface area (Å²) in [6.07, 6.45) is 14.6. The van der Waals surface area contributed by atoms with E-state index < -0.39 is 0 Å². The lowest BCUT2D eigenvalue weighted by Crippen LogP contribution is -1.89. The van der Waals surface area contributed by atoms with Crippen LogP contribution in [0.2, 0.25) is 0 Å². The second-order valence-electron chi connectivity index (χ2n) is 2.95. The molecule has 0 spiro atoms. The van der Waals surface area contributed by atoms with E-state index in [1.54, 1.807) is 0 Å². The van der Waals surface area contributed by atoms with Crippen molar-refractivity contribution in [1.29, 1.82) is 0 Å². The van der Waals surface area contributed by atoms with Gasteiger partial charge >= 0.3 is 0 Å². The van der Waals surface area contributed by atoms with Gasteiger partial charge in [-0.1, -0.05) is 56.4 Å². The van der Waals surface area contributed by atoms with Crippen LogP contribution in [-0.4, -0.2) is 0 Å². The first kappa shape index (κ1) is 8.06. The summed E-state index contributed by atoms with van der Waals surface area (Å²) in [4.78, 5) is 0. The molecule has 0 N–H and O–H groups in total. The Balaban J connectivity index is 2.78. The highest BCUT2D eigenvalue weighted by Gasteiger charge is 1.96. The Morgan fingerprint density at radius 1 is 0.909 bits per heavy atom. The van der Waals surface area contributed by atoms with Crippen molar-refractivity contribution in [2.75, 3.05) is 0 Å². The molecule has 0 atom stereocenters. The van der Waals surface area contributed by atoms with Crippen molar-refractivity contribution in [1.82, 2.24) is 0 Å². The van der Waals surface area contributed by atoms with Gasteiger partial charge in [0, 0.05) is 0 Å². The second kappa shape index (κ2) is 3.97. The molecule has 0 amide bonds. The molecule has 0 bridgehead atoms. The molecule has 0 nitrogen and oxygen atoms in total. The topological polar surface area (TPSA) is 0 Å². The minimum absolute atomic E-state index is 0.613. The van der Waals surface area contributed by atoms with Crippen LogP contribution in [0.4, 0.5) is 0 Å². The van der Waals surface area contributed by atoms with Crippen molar-refractivity contribution in [3.63, 3.8) is 0 Å². The Hall–Kier alpha value is -1.04. The fraction of sp³-hybridized carbons (Fsp3) is 0.273. The van der Waals surface area contributed by atoms with Gasteiger partial charge in [0.05, 0.1) is 0 Å². The maximum absolute atomic E-state index is 2.20. The molecule has 1 aliphatic rings. The Morgan fingerprint density at radius 2 is 1.55 bits per heavy atom. The normalized spacial score (nSPS) is 16.5. The van der Waals surface area contributed by atoms with Gasteiger partial charge in [0.25, 0.3) is 0 Å². The molecule has 0 heteroatoms. The van der Waals surface area contributed by atoms with Crippen LogP contribution in [0.25, 0.3) is 0 Å². The summed E-state index contributed by atoms with van der Waals surface area (Å²) >= 11 is 0. The maximum Gasteiger partial charge on any atom is -0.0219 e. The highest BCUT2D eigenvalue weighted by Crippen LogP contribution is 2.12. The minimum Gasteiger partial charge on any atom is -0.0623 e. The molecule has 1 aliphatic carbocycles. The zero-order valence-corrected chi connectivity index (χ0v) is 7.12. The quantitative estimate of drug-likeness (QED) is 0.532. The first-order chi connectivity index (χ1) is 5.30. The average Bonchev–Trinajstić information content (AvgIpc) is 1.84. The van der Waals surface area contributed by atoms with Crippen LogP contribution in [0.5, 0.6) is 0 Å². The first-order valence-corrected chi connectivity index (χ1v) is 4.02. The van der Waals surface area contributed by atoms with Crippen molar-refractivity contribution in [3.8, 4) is 0 Å². The molecule has 0 aromatic heterocycles. The van der Waals surface area contributed by atoms with Crippen molar-refractivity contribution in [3.05, 3.63) is 48.1 Å². The van der Waals surface area contributed by atoms with Crippen LogP contribution in [0.3, 0.4) is 0 Å². The van der Waals surface area contributed by atoms with Gasteiger partial charge in [0.15, 0.2) is 0 Å². The molecular formula is C11H14. The zero-order chi connectivity index (χ0) is 8.10. The van der Waals surface area contributed by atoms with E-state index in [1.807, 2.05) is 18.2 Å². The Morgan fingerprint density at radius 3 is 2.27 bits per heavy atom. The molecular weight excluding hydrogens is 132 g/mol. The van der Waals surface area contributed by atoms with Gasteiger partial charge in [-0.05, 0) is 11.5 Å². The van der Waals surface area contributed by atoms with E-state index in [2.05, 4.69) is 38.2 Å². The van der Waals surface area contributed by atoms with Gasteiger partial charge in [0.1, 0.15) is 0 Å². The zero-order valence-electron chi connectivity index (χ0n) is 7.12. The molecule has 58 valence electrons. The SMILES string of the molecule is CC(C)C1=CC=CC=CC=C1. The van der Waals surface area contributed by atoms with Crippen molar-refractivity contribution in [2.45, 2.75) is 13.8 Å². The number of hydrogen-bond donors (Lipinski definition) is 0. The molecule has 0 aliphatic heterocycles. The summed E-state index contributed by atoms with van der Waals surface area (Å²) < 4.78 is 0. The van der Waals surface area contributed by atoms with E-state index in [9.17, 15) is 0 Å². The van der Waals surface area contributed by atoms with Gasteiger partial charge < -0.3 is 0 Å². The maximum atomic E-state index is 2.20. The van der Waals surface area contributed by atoms with Gasteiger partial charge in [-0.25, -0.2) is 0 Å². The van der Waals surface area contributed by atoms with Crippen LogP contribution in [0.15, 0.2) is 48.1 Å². The molecule has 0 aromatic rings. The van der Waals surface area contributed by atoms with Crippen LogP contribution in [-0.2, 0) is 0 Å². The predicted octanol–water partition coefficient (Wildman–Crippen LogP) is 3.25. The van der Waals surface area contributed by atoms with Gasteiger partial charge in [0.2, 0.25) is 0 Å². The van der Waals surface area contributed by atoms with Crippen molar-refractivity contribution >= 4 is 0 Å². The molecule has 0 aromatic carbocycles. The van der Waals surface area contributed by atoms with Crippen molar-refractivity contribution in [2.24, 2.45) is 5.92 Å². The van der Waals surface area contributed by atoms with Crippen molar-refractivity contribution < 1.29 is 0 Å². The monoisotopic (exact) mass is 146 g/mol. The van der Waals surface area contributed by atoms with Crippen LogP contribution >= 0.6 is 0 Å². The minimum atomic E-state index is 0.613. The Bertz CT molecular complexity index is 224. The van der Waals surface area contributed by atoms with E-state index in [0.29, 0.717) is 5.92 Å². The fourth-order valence-electron chi connectivity index (χ4n) is 0.966. The van der Waals surface area contributed by atoms with Crippen LogP contribution in [0, 0.1) is 5.92 Å². The molecule has 0 unspecified atom stereocenters. The molecule has 1 rings (SSSR count). The lowest BCUT2D eigenvalue weighted by atomic mass is 10.0. The Kier molecular flexibility index (Phi) is 2.91. The molecule has 0 heterocycles. The van der Waals surface area contributed by atoms with Gasteiger partial charge in [-0.15, -0.1) is 0 Å². The van der Waals surface area contributed by atoms with E-state index in [-0.39, 0.29) is 0 Å². The lowest BCUT2D eigenvalue weighted by Gasteiger charge is -2.04. The van der Waals surface area contributed by atoms with E-state index in [4.69, 9.17) is 0 Å². The molecule has 11 heavy (non-hydrogen) atoms. The highest BCUT2D eigenvalue weighted by molar-refractivity contribution is 5.31.